The number of amides is 5. The summed E-state index contributed by atoms with van der Waals surface area (Å²) in [6.07, 6.45) is 4.95. The predicted octanol–water partition coefficient (Wildman–Crippen LogP) is 6.84. The van der Waals surface area contributed by atoms with Crippen LogP contribution in [0, 0.1) is 46.3 Å². The average molecular weight is 1130 g/mol. The van der Waals surface area contributed by atoms with Gasteiger partial charge in [-0.25, -0.2) is 13.6 Å². The van der Waals surface area contributed by atoms with Crippen LogP contribution in [0.4, 0.5) is 19.3 Å². The van der Waals surface area contributed by atoms with E-state index in [2.05, 4.69) is 33.1 Å². The molecule has 18 nitrogen and oxygen atoms in total. The minimum atomic E-state index is -4.14. The van der Waals surface area contributed by atoms with E-state index >= 15 is 8.78 Å². The molecule has 3 fully saturated rings. The summed E-state index contributed by atoms with van der Waals surface area (Å²) >= 11 is 1.08. The third-order valence-corrected chi connectivity index (χ3v) is 19.4. The summed E-state index contributed by atoms with van der Waals surface area (Å²) in [5.41, 5.74) is -2.05. The lowest BCUT2D eigenvalue weighted by Crippen LogP contribution is -2.71. The van der Waals surface area contributed by atoms with E-state index in [0.29, 0.717) is 24.1 Å². The SMILES string of the molecule is CCC(=O)O[C@]1(C(O)SCCCCP(=O)(O)OCc2ccc(NC(=O)[C@H](CCCNC(N)=O)NC(=O)C(NC(=O)COC3C#CCCCCC3)C(C)C)cc2)[C@H](C)C[C@H]2[C@@H]3C[C@H](F)C4=CC(=O)C=C[C@]4(C)[C@@]3(F)[C@@H](O)C[C@@]21C. The van der Waals surface area contributed by atoms with Crippen molar-refractivity contribution in [3.05, 3.63) is 53.6 Å². The lowest BCUT2D eigenvalue weighted by Gasteiger charge is -2.63. The number of primary amides is 1. The number of carbonyl (C=O) groups excluding carboxylic acids is 6. The van der Waals surface area contributed by atoms with Crippen LogP contribution in [0.25, 0.3) is 0 Å². The van der Waals surface area contributed by atoms with Crippen molar-refractivity contribution in [3.63, 3.8) is 0 Å². The van der Waals surface area contributed by atoms with Crippen molar-refractivity contribution < 1.29 is 71.2 Å². The summed E-state index contributed by atoms with van der Waals surface area (Å²) in [4.78, 5) is 87.9. The van der Waals surface area contributed by atoms with Crippen molar-refractivity contribution in [2.24, 2.45) is 40.2 Å². The molecular weight excluding hydrogens is 1050 g/mol. The molecule has 1 aromatic rings. The van der Waals surface area contributed by atoms with Crippen LogP contribution in [-0.4, -0.2) is 123 Å². The second-order valence-electron chi connectivity index (χ2n) is 22.4. The summed E-state index contributed by atoms with van der Waals surface area (Å²) in [6.45, 7) is 9.82. The molecule has 4 unspecified atom stereocenters. The number of ether oxygens (including phenoxy) is 2. The number of thioether (sulfide) groups is 1. The van der Waals surface area contributed by atoms with E-state index in [1.54, 1.807) is 52.0 Å². The monoisotopic (exact) mass is 1130 g/mol. The van der Waals surface area contributed by atoms with E-state index in [1.165, 1.54) is 19.1 Å². The number of benzene rings is 1. The number of nitrogens with one attached hydrogen (secondary N) is 4. The molecule has 3 saturated carbocycles. The van der Waals surface area contributed by atoms with E-state index in [1.807, 2.05) is 6.92 Å². The number of nitrogens with two attached hydrogens (primary N) is 1. The van der Waals surface area contributed by atoms with Gasteiger partial charge in [0.25, 0.3) is 0 Å². The minimum absolute atomic E-state index is 0.00235. The molecule has 0 spiro atoms. The molecule has 0 saturated heterocycles. The first-order valence-electron chi connectivity index (χ1n) is 27.4. The molecule has 432 valence electrons. The van der Waals surface area contributed by atoms with Gasteiger partial charge >= 0.3 is 19.6 Å². The highest BCUT2D eigenvalue weighted by Crippen LogP contribution is 2.72. The summed E-state index contributed by atoms with van der Waals surface area (Å²) in [6, 6.07) is 3.46. The van der Waals surface area contributed by atoms with Gasteiger partial charge in [0.15, 0.2) is 17.1 Å². The number of aliphatic hydroxyl groups is 2. The molecule has 6 rings (SSSR count). The van der Waals surface area contributed by atoms with Crippen molar-refractivity contribution in [3.8, 4) is 11.8 Å². The fourth-order valence-corrected chi connectivity index (χ4v) is 15.1. The quantitative estimate of drug-likeness (QED) is 0.0164. The molecule has 0 radical (unpaired) electrons. The van der Waals surface area contributed by atoms with Crippen molar-refractivity contribution in [1.82, 2.24) is 16.0 Å². The Morgan fingerprint density at radius 1 is 1.01 bits per heavy atom. The number of anilines is 1. The standard InChI is InChI=1S/C56H80F2N5O13PS/c1-7-47(67)76-56(35(4)28-40-41-30-43(57)42-29-38(64)23-24-53(42,5)55(41,58)45(65)31-54(40,56)6)51(70)78-27-14-13-26-77(72,73)75-32-36-19-21-37(22-20-36)61-49(68)44(18-15-25-60-52(59)71)62-50(69)48(34(2)3)63-46(66)33-74-39-16-11-9-8-10-12-17-39/h19-24,29,34-35,39-41,43-45,48,51,65,70H,7-11,13-16,18,25-28,30-33H2,1-6H3,(H,61,68)(H,62,69)(H,63,66)(H,72,73)(H3,59,60,71)/t35-,39?,40+,41+,43+,44+,45+,48?,51?,53+,54+,55+,56+/m1/s1. The number of esters is 1. The van der Waals surface area contributed by atoms with Crippen LogP contribution in [0.15, 0.2) is 48.1 Å². The number of unbranched alkanes of at least 4 members (excludes halogenated alkanes) is 1. The topological polar surface area (TPSA) is 282 Å². The van der Waals surface area contributed by atoms with Crippen molar-refractivity contribution in [2.75, 3.05) is 30.4 Å². The Morgan fingerprint density at radius 3 is 2.44 bits per heavy atom. The van der Waals surface area contributed by atoms with Gasteiger partial charge < -0.3 is 56.1 Å². The third kappa shape index (κ3) is 14.1. The predicted molar refractivity (Wildman–Crippen MR) is 291 cm³/mol. The first kappa shape index (κ1) is 62.5. The van der Waals surface area contributed by atoms with Crippen LogP contribution in [0.1, 0.15) is 131 Å². The molecule has 0 aromatic heterocycles. The zero-order valence-electron chi connectivity index (χ0n) is 45.7. The van der Waals surface area contributed by atoms with Crippen molar-refractivity contribution >= 4 is 60.6 Å². The minimum Gasteiger partial charge on any atom is -0.454 e. The third-order valence-electron chi connectivity index (χ3n) is 16.8. The normalized spacial score (nSPS) is 31.2. The van der Waals surface area contributed by atoms with E-state index < -0.39 is 113 Å². The second-order valence-corrected chi connectivity index (χ2v) is 25.5. The Hall–Kier alpha value is -4.68. The number of ketones is 1. The Kier molecular flexibility index (Phi) is 21.4. The average Bonchev–Trinajstić information content (AvgIpc) is 3.85. The number of urea groups is 1. The summed E-state index contributed by atoms with van der Waals surface area (Å²) in [5, 5.41) is 34.7. The molecule has 0 bridgehead atoms. The molecular formula is C56H80F2N5O13PS. The maximum Gasteiger partial charge on any atom is 0.328 e. The highest BCUT2D eigenvalue weighted by atomic mass is 32.2. The Morgan fingerprint density at radius 2 is 1.74 bits per heavy atom. The zero-order valence-corrected chi connectivity index (χ0v) is 47.4. The van der Waals surface area contributed by atoms with Crippen molar-refractivity contribution in [2.45, 2.75) is 179 Å². The second kappa shape index (κ2) is 26.7. The number of halogens is 2. The number of alkyl halides is 2. The van der Waals surface area contributed by atoms with Gasteiger partial charge in [-0.05, 0) is 124 Å². The van der Waals surface area contributed by atoms with Gasteiger partial charge in [-0.15, -0.1) is 17.7 Å². The Balaban J connectivity index is 1.01. The van der Waals surface area contributed by atoms with Gasteiger partial charge in [0.05, 0.1) is 18.9 Å². The number of aliphatic hydroxyl groups excluding tert-OH is 2. The molecule has 5 amide bonds. The Bertz CT molecular complexity index is 2530. The van der Waals surface area contributed by atoms with Crippen molar-refractivity contribution in [1.29, 1.82) is 0 Å². The van der Waals surface area contributed by atoms with Gasteiger partial charge in [0, 0.05) is 47.7 Å². The summed E-state index contributed by atoms with van der Waals surface area (Å²) in [7, 11) is -4.14. The first-order chi connectivity index (χ1) is 36.8. The largest absolute Gasteiger partial charge is 0.454 e. The van der Waals surface area contributed by atoms with Crippen LogP contribution < -0.4 is 27.0 Å². The smallest absolute Gasteiger partial charge is 0.328 e. The molecule has 5 aliphatic carbocycles. The van der Waals surface area contributed by atoms with Crippen LogP contribution in [0.3, 0.4) is 0 Å². The van der Waals surface area contributed by atoms with Crippen LogP contribution in [-0.2, 0) is 49.1 Å². The van der Waals surface area contributed by atoms with Crippen LogP contribution in [0.2, 0.25) is 0 Å². The highest BCUT2D eigenvalue weighted by molar-refractivity contribution is 7.99. The van der Waals surface area contributed by atoms with E-state index in [4.69, 9.17) is 19.7 Å². The Labute approximate surface area is 460 Å². The van der Waals surface area contributed by atoms with Crippen LogP contribution in [0.5, 0.6) is 0 Å². The zero-order chi connectivity index (χ0) is 57.2. The summed E-state index contributed by atoms with van der Waals surface area (Å²) < 4.78 is 64.7. The number of allylic oxidation sites excluding steroid dienone is 4. The van der Waals surface area contributed by atoms with Gasteiger partial charge in [-0.1, -0.05) is 65.2 Å². The van der Waals surface area contributed by atoms with Gasteiger partial charge in [-0.2, -0.15) is 0 Å². The van der Waals surface area contributed by atoms with E-state index in [9.17, 15) is 48.4 Å². The highest BCUT2D eigenvalue weighted by Gasteiger charge is 2.78. The summed E-state index contributed by atoms with van der Waals surface area (Å²) in [5.74, 6) is 1.09. The molecule has 5 aliphatic rings. The molecule has 14 atom stereocenters. The molecule has 0 heterocycles. The first-order valence-corrected chi connectivity index (χ1v) is 30.2. The van der Waals surface area contributed by atoms with E-state index in [0.717, 1.165) is 43.5 Å². The van der Waals surface area contributed by atoms with Gasteiger partial charge in [0.1, 0.15) is 36.4 Å². The molecule has 0 aliphatic heterocycles. The lowest BCUT2D eigenvalue weighted by atomic mass is 9.44. The van der Waals surface area contributed by atoms with Gasteiger partial charge in [0.2, 0.25) is 17.7 Å². The number of carbonyl (C=O) groups is 6. The molecule has 9 N–H and O–H groups in total. The van der Waals surface area contributed by atoms with Gasteiger partial charge in [-0.3, -0.25) is 28.5 Å². The fourth-order valence-electron chi connectivity index (χ4n) is 12.6. The molecule has 22 heteroatoms. The number of fused-ring (bicyclic) bond motifs is 5. The number of hydrogen-bond donors (Lipinski definition) is 8. The van der Waals surface area contributed by atoms with Crippen LogP contribution >= 0.6 is 19.4 Å². The maximum atomic E-state index is 17.9. The maximum absolute atomic E-state index is 17.9. The molecule has 78 heavy (non-hydrogen) atoms. The molecule has 1 aromatic carbocycles. The van der Waals surface area contributed by atoms with E-state index in [-0.39, 0.29) is 94.2 Å². The number of hydrogen-bond acceptors (Lipinski definition) is 13. The fraction of sp³-hybridized carbons (Fsp3) is 0.679. The lowest BCUT2D eigenvalue weighted by molar-refractivity contribution is -0.243. The number of rotatable bonds is 25.